The minimum absolute atomic E-state index is 0.000401. The average Bonchev–Trinajstić information content (AvgIpc) is 1.53. The Labute approximate surface area is 526 Å². The summed E-state index contributed by atoms with van der Waals surface area (Å²) in [6.45, 7) is 56.4. The van der Waals surface area contributed by atoms with E-state index in [4.69, 9.17) is 0 Å². The van der Waals surface area contributed by atoms with E-state index < -0.39 is 0 Å². The van der Waals surface area contributed by atoms with Gasteiger partial charge in [0, 0.05) is 43.1 Å². The van der Waals surface area contributed by atoms with Gasteiger partial charge in [-0.1, -0.05) is 251 Å². The van der Waals surface area contributed by atoms with Crippen molar-refractivity contribution in [3.63, 3.8) is 0 Å². The van der Waals surface area contributed by atoms with Crippen molar-refractivity contribution in [3.8, 4) is 44.5 Å². The quantitative estimate of drug-likeness (QED) is 0.166. The lowest BCUT2D eigenvalue weighted by Crippen LogP contribution is -2.16. The van der Waals surface area contributed by atoms with Crippen LogP contribution >= 0.6 is 0 Å². The first-order valence-electron chi connectivity index (χ1n) is 32.7. The summed E-state index contributed by atoms with van der Waals surface area (Å²) >= 11 is 0. The van der Waals surface area contributed by atoms with Gasteiger partial charge in [-0.15, -0.1) is 0 Å². The predicted molar refractivity (Wildman–Crippen MR) is 387 cm³/mol. The largest absolute Gasteiger partial charge is 0.308 e. The summed E-state index contributed by atoms with van der Waals surface area (Å²) in [6, 6.07) is 59.5. The van der Waals surface area contributed by atoms with E-state index in [1.165, 1.54) is 165 Å². The highest BCUT2D eigenvalue weighted by Crippen LogP contribution is 2.50. The third kappa shape index (κ3) is 9.90. The van der Waals surface area contributed by atoms with Crippen LogP contribution in [0.4, 0.5) is 0 Å². The first-order chi connectivity index (χ1) is 40.6. The maximum absolute atomic E-state index is 2.63. The minimum atomic E-state index is -0.0287. The number of hydrogen-bond acceptors (Lipinski definition) is 0. The molecule has 0 aliphatic carbocycles. The van der Waals surface area contributed by atoms with Crippen LogP contribution in [0.5, 0.6) is 0 Å². The number of nitrogens with zero attached hydrogens (tertiary/aromatic N) is 2. The van der Waals surface area contributed by atoms with Crippen LogP contribution < -0.4 is 0 Å². The van der Waals surface area contributed by atoms with E-state index in [2.05, 4.69) is 321 Å². The van der Waals surface area contributed by atoms with Crippen LogP contribution in [-0.2, 0) is 43.3 Å². The Balaban J connectivity index is 1.16. The molecule has 0 bridgehead atoms. The molecule has 0 N–H and O–H groups in total. The standard InChI is InChI=1S/C86H96N2/c1-79(2,3)57-29-51(30-58(43-57)80(4,5)6)49-25-27-73-65(37-49)69-39-55(53-33-61(83(13,14)15)45-62(34-53)84(16,17)18)41-71-67-48-76-68(47-75(67)87(73)77(69)71)72-42-56(54-35-63(85(19,20)21)46-64(36-54)86(22,23)24)40-70-66-38-50(26-28-74(66)88(76)78(70)72)52-31-59(81(7,8)9)44-60(32-52)82(10,11)12/h25-48H,1-24H3. The van der Waals surface area contributed by atoms with Crippen molar-refractivity contribution >= 4 is 76.2 Å². The normalized spacial score (nSPS) is 13.9. The van der Waals surface area contributed by atoms with Gasteiger partial charge in [0.05, 0.1) is 33.1 Å². The van der Waals surface area contributed by atoms with Gasteiger partial charge in [0.2, 0.25) is 0 Å². The third-order valence-electron chi connectivity index (χ3n) is 19.9. The molecule has 450 valence electrons. The molecule has 13 aromatic rings. The lowest BCUT2D eigenvalue weighted by atomic mass is 9.78. The molecule has 4 aromatic heterocycles. The number of rotatable bonds is 4. The lowest BCUT2D eigenvalue weighted by Gasteiger charge is -2.26. The van der Waals surface area contributed by atoms with Crippen LogP contribution in [0.25, 0.3) is 121 Å². The Morgan fingerprint density at radius 1 is 0.170 bits per heavy atom. The molecule has 0 spiro atoms. The molecule has 0 saturated heterocycles. The molecule has 0 aliphatic rings. The molecule has 9 aromatic carbocycles. The fraction of sp³-hybridized carbons (Fsp3) is 0.372. The van der Waals surface area contributed by atoms with Crippen molar-refractivity contribution in [1.82, 2.24) is 8.80 Å². The SMILES string of the molecule is CC(C)(C)c1cc(-c2ccc3c(c2)c2cc(-c4cc(C(C)(C)C)cc(C(C)(C)C)c4)cc4c5cc6c(cc5n3c24)c2cc(-c3cc(C(C)(C)C)cc(C(C)(C)C)c3)cc3c4cc(-c5cc(C(C)(C)C)cc(C(C)(C)C)c5)ccc4n6c32)cc(C(C)(C)C)c1. The second-order valence-electron chi connectivity index (χ2n) is 35.1. The van der Waals surface area contributed by atoms with Crippen LogP contribution in [0.3, 0.4) is 0 Å². The zero-order chi connectivity index (χ0) is 63.4. The summed E-state index contributed by atoms with van der Waals surface area (Å²) in [7, 11) is 0. The Bertz CT molecular complexity index is 4550. The first kappa shape index (κ1) is 59.5. The summed E-state index contributed by atoms with van der Waals surface area (Å²) < 4.78 is 5.25. The molecular formula is C86H96N2. The van der Waals surface area contributed by atoms with E-state index in [0.717, 1.165) is 0 Å². The lowest BCUT2D eigenvalue weighted by molar-refractivity contribution is 0.568. The fourth-order valence-electron chi connectivity index (χ4n) is 13.9. The van der Waals surface area contributed by atoms with Gasteiger partial charge >= 0.3 is 0 Å². The van der Waals surface area contributed by atoms with E-state index in [-0.39, 0.29) is 43.3 Å². The molecule has 4 heterocycles. The van der Waals surface area contributed by atoms with Crippen molar-refractivity contribution in [2.75, 3.05) is 0 Å². The molecule has 0 radical (unpaired) electrons. The van der Waals surface area contributed by atoms with Crippen LogP contribution in [0.15, 0.2) is 146 Å². The van der Waals surface area contributed by atoms with Crippen molar-refractivity contribution in [3.05, 3.63) is 190 Å². The molecular weight excluding hydrogens is 1060 g/mol. The molecule has 13 rings (SSSR count). The maximum atomic E-state index is 2.63. The van der Waals surface area contributed by atoms with Gasteiger partial charge < -0.3 is 8.80 Å². The number of fused-ring (bicyclic) bond motifs is 12. The molecule has 2 heteroatoms. The van der Waals surface area contributed by atoms with Gasteiger partial charge in [-0.3, -0.25) is 0 Å². The topological polar surface area (TPSA) is 8.82 Å². The zero-order valence-corrected chi connectivity index (χ0v) is 57.8. The maximum Gasteiger partial charge on any atom is 0.0620 e. The van der Waals surface area contributed by atoms with Crippen LogP contribution in [0, 0.1) is 0 Å². The van der Waals surface area contributed by atoms with Crippen molar-refractivity contribution in [2.24, 2.45) is 0 Å². The van der Waals surface area contributed by atoms with Gasteiger partial charge in [0.25, 0.3) is 0 Å². The van der Waals surface area contributed by atoms with Crippen LogP contribution in [0.1, 0.15) is 211 Å². The third-order valence-corrected chi connectivity index (χ3v) is 19.9. The van der Waals surface area contributed by atoms with E-state index in [9.17, 15) is 0 Å². The van der Waals surface area contributed by atoms with Crippen molar-refractivity contribution < 1.29 is 0 Å². The molecule has 2 nitrogen and oxygen atoms in total. The van der Waals surface area contributed by atoms with E-state index in [1.54, 1.807) is 0 Å². The zero-order valence-electron chi connectivity index (χ0n) is 57.8. The first-order valence-corrected chi connectivity index (χ1v) is 32.7. The number of benzene rings is 9. The van der Waals surface area contributed by atoms with Gasteiger partial charge in [-0.05, 0) is 193 Å². The van der Waals surface area contributed by atoms with Crippen molar-refractivity contribution in [1.29, 1.82) is 0 Å². The molecule has 0 amide bonds. The van der Waals surface area contributed by atoms with E-state index >= 15 is 0 Å². The van der Waals surface area contributed by atoms with Crippen molar-refractivity contribution in [2.45, 2.75) is 209 Å². The summed E-state index contributed by atoms with van der Waals surface area (Å²) in [5.74, 6) is 0. The Morgan fingerprint density at radius 2 is 0.352 bits per heavy atom. The molecule has 0 unspecified atom stereocenters. The number of hydrogen-bond donors (Lipinski definition) is 0. The average molecular weight is 1160 g/mol. The molecule has 0 saturated carbocycles. The fourth-order valence-corrected chi connectivity index (χ4v) is 13.9. The number of aromatic nitrogens is 2. The monoisotopic (exact) mass is 1160 g/mol. The second-order valence-corrected chi connectivity index (χ2v) is 35.1. The van der Waals surface area contributed by atoms with Gasteiger partial charge in [-0.25, -0.2) is 0 Å². The van der Waals surface area contributed by atoms with E-state index in [1.807, 2.05) is 0 Å². The molecule has 0 aliphatic heterocycles. The Kier molecular flexibility index (Phi) is 12.9. The van der Waals surface area contributed by atoms with Crippen LogP contribution in [0.2, 0.25) is 0 Å². The van der Waals surface area contributed by atoms with E-state index in [0.29, 0.717) is 0 Å². The highest BCUT2D eigenvalue weighted by Gasteiger charge is 2.30. The summed E-state index contributed by atoms with van der Waals surface area (Å²) in [5.41, 5.74) is 28.5. The van der Waals surface area contributed by atoms with Crippen LogP contribution in [-0.4, -0.2) is 8.80 Å². The highest BCUT2D eigenvalue weighted by atomic mass is 14.9. The summed E-state index contributed by atoms with van der Waals surface area (Å²) in [4.78, 5) is 0. The Hall–Kier alpha value is -7.42. The smallest absolute Gasteiger partial charge is 0.0620 e. The molecule has 0 fully saturated rings. The summed E-state index contributed by atoms with van der Waals surface area (Å²) in [5, 5.41) is 10.3. The highest BCUT2D eigenvalue weighted by molar-refractivity contribution is 6.30. The Morgan fingerprint density at radius 3 is 0.568 bits per heavy atom. The predicted octanol–water partition coefficient (Wildman–Crippen LogP) is 25.0. The van der Waals surface area contributed by atoms with Gasteiger partial charge in [-0.2, -0.15) is 0 Å². The summed E-state index contributed by atoms with van der Waals surface area (Å²) in [6.07, 6.45) is 0. The molecule has 88 heavy (non-hydrogen) atoms. The minimum Gasteiger partial charge on any atom is -0.308 e. The second kappa shape index (κ2) is 19.1. The van der Waals surface area contributed by atoms with Gasteiger partial charge in [0.15, 0.2) is 0 Å². The molecule has 0 atom stereocenters. The van der Waals surface area contributed by atoms with Gasteiger partial charge in [0.1, 0.15) is 0 Å².